The average molecular weight is 436 g/mol. The van der Waals surface area contributed by atoms with Gasteiger partial charge in [0.2, 0.25) is 0 Å². The smallest absolute Gasteiger partial charge is 0.147 e. The van der Waals surface area contributed by atoms with Crippen molar-refractivity contribution in [2.24, 2.45) is 5.92 Å². The Morgan fingerprint density at radius 1 is 1.27 bits per heavy atom. The van der Waals surface area contributed by atoms with Gasteiger partial charge in [0.15, 0.2) is 0 Å². The quantitative estimate of drug-likeness (QED) is 0.0962. The maximum absolute atomic E-state index is 5.97. The second-order valence-electron chi connectivity index (χ2n) is 7.27. The molecular weight excluding hydrogens is 403 g/mol. The summed E-state index contributed by atoms with van der Waals surface area (Å²) in [6, 6.07) is 1.18. The Hall–Kier alpha value is 0.0869. The van der Waals surface area contributed by atoms with E-state index in [0.29, 0.717) is 12.7 Å². The van der Waals surface area contributed by atoms with Crippen LogP contribution in [0.2, 0.25) is 25.7 Å². The lowest BCUT2D eigenvalue weighted by molar-refractivity contribution is -0.0957. The fourth-order valence-corrected chi connectivity index (χ4v) is 3.31. The first kappa shape index (κ1) is 22.1. The Balaban J connectivity index is 4.40. The molecule has 22 heavy (non-hydrogen) atoms. The predicted molar refractivity (Wildman–Crippen MR) is 109 cm³/mol. The lowest BCUT2D eigenvalue weighted by Crippen LogP contribution is -2.25. The zero-order valence-electron chi connectivity index (χ0n) is 15.1. The fourth-order valence-electron chi connectivity index (χ4n) is 1.99. The van der Waals surface area contributed by atoms with E-state index in [-0.39, 0.29) is 6.10 Å². The van der Waals surface area contributed by atoms with Crippen LogP contribution in [0.15, 0.2) is 34.0 Å². The lowest BCUT2D eigenvalue weighted by Gasteiger charge is -2.23. The molecule has 0 aliphatic carbocycles. The van der Waals surface area contributed by atoms with E-state index in [4.69, 9.17) is 9.47 Å². The summed E-state index contributed by atoms with van der Waals surface area (Å²) >= 11 is 2.24. The van der Waals surface area contributed by atoms with E-state index in [0.717, 1.165) is 18.6 Å². The van der Waals surface area contributed by atoms with E-state index in [1.165, 1.54) is 11.6 Å². The van der Waals surface area contributed by atoms with Gasteiger partial charge < -0.3 is 9.47 Å². The van der Waals surface area contributed by atoms with Gasteiger partial charge in [-0.25, -0.2) is 0 Å². The van der Waals surface area contributed by atoms with Crippen LogP contribution in [-0.2, 0) is 9.47 Å². The van der Waals surface area contributed by atoms with E-state index in [1.807, 2.05) is 4.08 Å². The highest BCUT2D eigenvalue weighted by Gasteiger charge is 2.17. The molecule has 0 amide bonds. The average Bonchev–Trinajstić information content (AvgIpc) is 2.35. The summed E-state index contributed by atoms with van der Waals surface area (Å²) in [4.78, 5) is 0. The van der Waals surface area contributed by atoms with Gasteiger partial charge in [-0.2, -0.15) is 0 Å². The molecule has 0 aromatic heterocycles. The van der Waals surface area contributed by atoms with Gasteiger partial charge in [-0.1, -0.05) is 72.5 Å². The molecule has 0 radical (unpaired) electrons. The highest BCUT2D eigenvalue weighted by atomic mass is 127. The number of allylic oxidation sites excluding steroid dienone is 2. The number of hydrogen-bond acceptors (Lipinski definition) is 2. The maximum atomic E-state index is 5.97. The molecule has 0 saturated carbocycles. The van der Waals surface area contributed by atoms with E-state index < -0.39 is 8.07 Å². The fraction of sp³-hybridized carbons (Fsp3) is 0.667. The summed E-state index contributed by atoms with van der Waals surface area (Å²) in [5.74, 6) is 0.338. The van der Waals surface area contributed by atoms with Crippen LogP contribution >= 0.6 is 22.6 Å². The minimum absolute atomic E-state index is 0.127. The molecule has 0 heterocycles. The van der Waals surface area contributed by atoms with E-state index in [1.54, 1.807) is 0 Å². The molecule has 128 valence electrons. The van der Waals surface area contributed by atoms with Crippen LogP contribution in [0, 0.1) is 5.92 Å². The highest BCUT2D eigenvalue weighted by molar-refractivity contribution is 14.1. The van der Waals surface area contributed by atoms with Crippen molar-refractivity contribution < 1.29 is 9.47 Å². The van der Waals surface area contributed by atoms with Gasteiger partial charge in [0.05, 0.1) is 6.10 Å². The Bertz CT molecular complexity index is 383. The van der Waals surface area contributed by atoms with Crippen molar-refractivity contribution in [2.75, 3.05) is 13.4 Å². The molecule has 0 aliphatic rings. The molecule has 0 aromatic carbocycles. The van der Waals surface area contributed by atoms with Gasteiger partial charge in [0, 0.05) is 20.6 Å². The Morgan fingerprint density at radius 2 is 1.91 bits per heavy atom. The number of halogens is 1. The zero-order chi connectivity index (χ0) is 17.2. The van der Waals surface area contributed by atoms with Crippen LogP contribution in [0.25, 0.3) is 0 Å². The van der Waals surface area contributed by atoms with Gasteiger partial charge >= 0.3 is 0 Å². The molecule has 0 N–H and O–H groups in total. The van der Waals surface area contributed by atoms with Crippen molar-refractivity contribution in [3.05, 3.63) is 34.0 Å². The van der Waals surface area contributed by atoms with Crippen LogP contribution in [0.3, 0.4) is 0 Å². The molecule has 0 spiro atoms. The summed E-state index contributed by atoms with van der Waals surface area (Å²) in [6.07, 6.45) is 5.36. The molecule has 2 atom stereocenters. The Morgan fingerprint density at radius 3 is 2.41 bits per heavy atom. The van der Waals surface area contributed by atoms with Crippen molar-refractivity contribution in [3.8, 4) is 0 Å². The molecule has 0 bridgehead atoms. The molecule has 0 saturated heterocycles. The first-order chi connectivity index (χ1) is 10.2. The van der Waals surface area contributed by atoms with Gasteiger partial charge in [0.1, 0.15) is 6.79 Å². The second kappa shape index (κ2) is 11.6. The zero-order valence-corrected chi connectivity index (χ0v) is 18.3. The van der Waals surface area contributed by atoms with E-state index >= 15 is 0 Å². The third kappa shape index (κ3) is 12.6. The largest absolute Gasteiger partial charge is 0.356 e. The second-order valence-corrected chi connectivity index (χ2v) is 13.6. The van der Waals surface area contributed by atoms with Gasteiger partial charge in [0.25, 0.3) is 0 Å². The minimum Gasteiger partial charge on any atom is -0.356 e. The van der Waals surface area contributed by atoms with Gasteiger partial charge in [-0.15, -0.1) is 6.58 Å². The van der Waals surface area contributed by atoms with Crippen molar-refractivity contribution >= 4 is 30.7 Å². The molecule has 0 rings (SSSR count). The van der Waals surface area contributed by atoms with Crippen LogP contribution in [0.1, 0.15) is 27.2 Å². The molecule has 0 unspecified atom stereocenters. The number of rotatable bonds is 11. The molecule has 0 aliphatic heterocycles. The topological polar surface area (TPSA) is 18.5 Å². The van der Waals surface area contributed by atoms with Crippen LogP contribution in [-0.4, -0.2) is 27.6 Å². The lowest BCUT2D eigenvalue weighted by atomic mass is 9.96. The van der Waals surface area contributed by atoms with Crippen LogP contribution in [0.4, 0.5) is 0 Å². The van der Waals surface area contributed by atoms with Gasteiger partial charge in [-0.05, 0) is 30.4 Å². The SMILES string of the molecule is C=C(C)C[C@@H](OCOCC[Si](C)(C)C)[C@H](C)C=C(C)C=CI. The molecule has 4 heteroatoms. The maximum Gasteiger partial charge on any atom is 0.147 e. The molecule has 0 aromatic rings. The van der Waals surface area contributed by atoms with E-state index in [9.17, 15) is 0 Å². The normalized spacial score (nSPS) is 16.0. The summed E-state index contributed by atoms with van der Waals surface area (Å²) in [5, 5.41) is 0. The summed E-state index contributed by atoms with van der Waals surface area (Å²) in [6.45, 7) is 18.6. The summed E-state index contributed by atoms with van der Waals surface area (Å²) in [5.41, 5.74) is 2.41. The predicted octanol–water partition coefficient (Wildman–Crippen LogP) is 6.18. The minimum atomic E-state index is -1.03. The summed E-state index contributed by atoms with van der Waals surface area (Å²) < 4.78 is 13.7. The van der Waals surface area contributed by atoms with Gasteiger partial charge in [-0.3, -0.25) is 0 Å². The molecule has 2 nitrogen and oxygen atoms in total. The first-order valence-electron chi connectivity index (χ1n) is 7.94. The standard InChI is InChI=1S/C18H33IO2Si/c1-15(2)12-18(17(4)13-16(3)8-9-19)21-14-20-10-11-22(5,6)7/h8-9,13,17-18H,1,10-12,14H2,2-7H3/t17-,18-/m1/s1. The molecule has 0 fully saturated rings. The highest BCUT2D eigenvalue weighted by Crippen LogP contribution is 2.19. The van der Waals surface area contributed by atoms with Crippen molar-refractivity contribution in [3.63, 3.8) is 0 Å². The van der Waals surface area contributed by atoms with Crippen LogP contribution in [0.5, 0.6) is 0 Å². The number of hydrogen-bond donors (Lipinski definition) is 0. The van der Waals surface area contributed by atoms with Crippen molar-refractivity contribution in [1.82, 2.24) is 0 Å². The number of ether oxygens (including phenoxy) is 2. The van der Waals surface area contributed by atoms with E-state index in [2.05, 4.69) is 81.7 Å². The van der Waals surface area contributed by atoms with Crippen molar-refractivity contribution in [1.29, 1.82) is 0 Å². The first-order valence-corrected chi connectivity index (χ1v) is 12.9. The molecular formula is C18H33IO2Si. The third-order valence-corrected chi connectivity index (χ3v) is 5.41. The Kier molecular flexibility index (Phi) is 11.6. The monoisotopic (exact) mass is 436 g/mol. The summed E-state index contributed by atoms with van der Waals surface area (Å²) in [7, 11) is -1.03. The van der Waals surface area contributed by atoms with Crippen LogP contribution < -0.4 is 0 Å². The van der Waals surface area contributed by atoms with Crippen molar-refractivity contribution in [2.45, 2.75) is 59.0 Å². The third-order valence-electron chi connectivity index (χ3n) is 3.35. The Labute approximate surface area is 152 Å².